The molecule has 0 unspecified atom stereocenters. The normalized spacial score (nSPS) is 9.83. The molecule has 5 heteroatoms. The van der Waals surface area contributed by atoms with Gasteiger partial charge in [-0.05, 0) is 0 Å². The molecule has 0 rings (SSSR count). The van der Waals surface area contributed by atoms with Gasteiger partial charge in [-0.3, -0.25) is 0 Å². The van der Waals surface area contributed by atoms with Crippen LogP contribution in [0.25, 0.3) is 0 Å². The van der Waals surface area contributed by atoms with Crippen LogP contribution in [0.3, 0.4) is 0 Å². The molecule has 0 aromatic carbocycles. The molecule has 0 saturated carbocycles. The molecule has 0 aromatic heterocycles. The first kappa shape index (κ1) is 9.53. The minimum absolute atomic E-state index is 0. The summed E-state index contributed by atoms with van der Waals surface area (Å²) in [6.45, 7) is 0. The summed E-state index contributed by atoms with van der Waals surface area (Å²) in [6.07, 6.45) is 0. The van der Waals surface area contributed by atoms with E-state index in [2.05, 4.69) is 0 Å². The second-order valence-electron chi connectivity index (χ2n) is 0.447. The maximum absolute atomic E-state index is 8.61. The van der Waals surface area contributed by atoms with Gasteiger partial charge in [0.25, 0.3) is 0 Å². The molecule has 0 aliphatic heterocycles. The third kappa shape index (κ3) is 782. The zero-order valence-electron chi connectivity index (χ0n) is 2.08. The van der Waals surface area contributed by atoms with Crippen molar-refractivity contribution in [3.05, 3.63) is 0 Å². The van der Waals surface area contributed by atoms with Crippen molar-refractivity contribution in [1.29, 1.82) is 0 Å². The van der Waals surface area contributed by atoms with Crippen LogP contribution in [0.15, 0.2) is 0 Å². The van der Waals surface area contributed by atoms with E-state index >= 15 is 0 Å². The van der Waals surface area contributed by atoms with Crippen LogP contribution in [0, 0.1) is 0 Å². The maximum atomic E-state index is 8.61. The van der Waals surface area contributed by atoms with E-state index in [9.17, 15) is 0 Å². The van der Waals surface area contributed by atoms with Gasteiger partial charge in [0.15, 0.2) is 0 Å². The quantitative estimate of drug-likeness (QED) is 0.340. The fourth-order valence-corrected chi connectivity index (χ4v) is 0. The van der Waals surface area contributed by atoms with Gasteiger partial charge in [0, 0.05) is 0 Å². The van der Waals surface area contributed by atoms with Crippen LogP contribution in [0.4, 0.5) is 0 Å². The predicted molar refractivity (Wildman–Crippen MR) is 13.2 cm³/mol. The molecule has 0 aliphatic carbocycles. The Labute approximate surface area is 38.8 Å². The number of hydrogen-bond acceptors (Lipinski definition) is 4. The summed E-state index contributed by atoms with van der Waals surface area (Å²) >= 11 is -5.88. The van der Waals surface area contributed by atoms with Crippen molar-refractivity contribution < 1.29 is 16.0 Å². The summed E-state index contributed by atoms with van der Waals surface area (Å²) in [5.74, 6) is 0. The molecule has 6 heavy (non-hydrogen) atoms. The zero-order chi connectivity index (χ0) is 4.50. The van der Waals surface area contributed by atoms with Gasteiger partial charge in [-0.15, -0.1) is 0 Å². The molecule has 40 valence electrons. The summed E-state index contributed by atoms with van der Waals surface area (Å²) in [4.78, 5) is 0. The van der Waals surface area contributed by atoms with Crippen molar-refractivity contribution in [2.45, 2.75) is 7.43 Å². The third-order valence-electron chi connectivity index (χ3n) is 0. The predicted octanol–water partition coefficient (Wildman–Crippen LogP) is -3.43. The standard InChI is InChI=1S/CH4.AsH3O4/c;2-1(3,4)5/h1H4;(H3,2,3,4,5)/p-3. The van der Waals surface area contributed by atoms with Gasteiger partial charge in [0.1, 0.15) is 0 Å². The molecule has 0 heterocycles. The summed E-state index contributed by atoms with van der Waals surface area (Å²) < 4.78 is 34.4. The second-order valence-corrected chi connectivity index (χ2v) is 2.32. The molecule has 0 bridgehead atoms. The third-order valence-corrected chi connectivity index (χ3v) is 0. The molecule has 0 atom stereocenters. The van der Waals surface area contributed by atoms with Crippen molar-refractivity contribution in [3.63, 3.8) is 0 Å². The molecule has 0 N–H and O–H groups in total. The molecular weight excluding hydrogens is 151 g/mol. The molecule has 0 saturated heterocycles. The monoisotopic (exact) mass is 155 g/mol. The van der Waals surface area contributed by atoms with Crippen molar-refractivity contribution in [3.8, 4) is 0 Å². The van der Waals surface area contributed by atoms with Crippen molar-refractivity contribution in [1.82, 2.24) is 0 Å². The first-order valence-electron chi connectivity index (χ1n) is 0.730. The minimum atomic E-state index is -5.88. The van der Waals surface area contributed by atoms with E-state index in [1.807, 2.05) is 0 Å². The Hall–Kier alpha value is 0.238. The first-order valence-corrected chi connectivity index (χ1v) is 3.79. The summed E-state index contributed by atoms with van der Waals surface area (Å²) in [7, 11) is 0. The number of hydrogen-bond donors (Lipinski definition) is 0. The average molecular weight is 155 g/mol. The van der Waals surface area contributed by atoms with Crippen LogP contribution in [0.2, 0.25) is 0 Å². The Morgan fingerprint density at radius 3 is 1.17 bits per heavy atom. The molecule has 0 aromatic rings. The zero-order valence-corrected chi connectivity index (χ0v) is 3.96. The van der Waals surface area contributed by atoms with Gasteiger partial charge in [0.2, 0.25) is 0 Å². The summed E-state index contributed by atoms with van der Waals surface area (Å²) in [6, 6.07) is 0. The molecule has 0 amide bonds. The van der Waals surface area contributed by atoms with Crippen LogP contribution in [0.1, 0.15) is 7.43 Å². The average Bonchev–Trinajstić information content (AvgIpc) is 0.722. The Kier molecular flexibility index (Phi) is 3.84. The van der Waals surface area contributed by atoms with Gasteiger partial charge in [-0.2, -0.15) is 0 Å². The van der Waals surface area contributed by atoms with Crippen LogP contribution < -0.4 is 12.3 Å². The Morgan fingerprint density at radius 1 is 1.17 bits per heavy atom. The van der Waals surface area contributed by atoms with Crippen molar-refractivity contribution in [2.75, 3.05) is 0 Å². The molecule has 4 nitrogen and oxygen atoms in total. The van der Waals surface area contributed by atoms with E-state index in [4.69, 9.17) is 16.0 Å². The van der Waals surface area contributed by atoms with E-state index in [0.29, 0.717) is 0 Å². The van der Waals surface area contributed by atoms with Crippen LogP contribution >= 0.6 is 0 Å². The van der Waals surface area contributed by atoms with Gasteiger partial charge in [0.05, 0.1) is 0 Å². The van der Waals surface area contributed by atoms with Crippen LogP contribution in [0.5, 0.6) is 0 Å². The molecule has 0 radical (unpaired) electrons. The van der Waals surface area contributed by atoms with Crippen LogP contribution in [-0.2, 0) is 3.74 Å². The fraction of sp³-hybridized carbons (Fsp3) is 1.00. The Bertz CT molecular complexity index is 53.7. The van der Waals surface area contributed by atoms with E-state index in [0.717, 1.165) is 0 Å². The molecule has 0 fully saturated rings. The van der Waals surface area contributed by atoms with Crippen molar-refractivity contribution >= 4 is 14.5 Å². The van der Waals surface area contributed by atoms with Gasteiger partial charge in [-0.25, -0.2) is 0 Å². The van der Waals surface area contributed by atoms with Gasteiger partial charge < -0.3 is 0 Å². The molecule has 0 aliphatic rings. The Morgan fingerprint density at radius 2 is 1.17 bits per heavy atom. The van der Waals surface area contributed by atoms with Crippen molar-refractivity contribution in [2.24, 2.45) is 0 Å². The first-order chi connectivity index (χ1) is 2.00. The van der Waals surface area contributed by atoms with E-state index in [-0.39, 0.29) is 7.43 Å². The molecule has 0 spiro atoms. The SMILES string of the molecule is C.O=[As]([O-])([O-])[O-]. The van der Waals surface area contributed by atoms with Gasteiger partial charge >= 0.3 is 30.5 Å². The van der Waals surface area contributed by atoms with Crippen LogP contribution in [-0.4, -0.2) is 14.5 Å². The van der Waals surface area contributed by atoms with Gasteiger partial charge in [-0.1, -0.05) is 7.43 Å². The number of rotatable bonds is 0. The second kappa shape index (κ2) is 2.42. The fourth-order valence-electron chi connectivity index (χ4n) is 0. The Balaban J connectivity index is 0. The van der Waals surface area contributed by atoms with E-state index in [1.165, 1.54) is 0 Å². The topological polar surface area (TPSA) is 86.2 Å². The van der Waals surface area contributed by atoms with E-state index < -0.39 is 14.5 Å². The molecular formula is CH4AsO4-3. The summed E-state index contributed by atoms with van der Waals surface area (Å²) in [5, 5.41) is 0. The van der Waals surface area contributed by atoms with E-state index in [1.54, 1.807) is 0 Å². The summed E-state index contributed by atoms with van der Waals surface area (Å²) in [5.41, 5.74) is 0.